The summed E-state index contributed by atoms with van der Waals surface area (Å²) in [5, 5.41) is 6.28. The highest BCUT2D eigenvalue weighted by Gasteiger charge is 2.23. The molecular formula is C21H22ClN3O3. The molecule has 28 heavy (non-hydrogen) atoms. The van der Waals surface area contributed by atoms with E-state index in [9.17, 15) is 9.59 Å². The Morgan fingerprint density at radius 1 is 1.11 bits per heavy atom. The van der Waals surface area contributed by atoms with Crippen molar-refractivity contribution >= 4 is 29.5 Å². The number of hydrogen-bond donors (Lipinski definition) is 2. The topological polar surface area (TPSA) is 70.7 Å². The molecule has 6 nitrogen and oxygen atoms in total. The minimum absolute atomic E-state index is 0.177. The minimum atomic E-state index is -0.435. The van der Waals surface area contributed by atoms with Gasteiger partial charge >= 0.3 is 0 Å². The Morgan fingerprint density at radius 2 is 1.79 bits per heavy atom. The fourth-order valence-electron chi connectivity index (χ4n) is 2.97. The van der Waals surface area contributed by atoms with E-state index in [4.69, 9.17) is 16.3 Å². The lowest BCUT2D eigenvalue weighted by Crippen LogP contribution is -2.48. The molecule has 0 spiro atoms. The van der Waals surface area contributed by atoms with Gasteiger partial charge in [-0.1, -0.05) is 41.9 Å². The number of amides is 2. The summed E-state index contributed by atoms with van der Waals surface area (Å²) in [6.07, 6.45) is 1.64. The maximum absolute atomic E-state index is 13.1. The molecule has 2 amide bonds. The van der Waals surface area contributed by atoms with E-state index >= 15 is 0 Å². The lowest BCUT2D eigenvalue weighted by molar-refractivity contribution is -0.127. The molecule has 7 heteroatoms. The molecule has 146 valence electrons. The minimum Gasteiger partial charge on any atom is -0.496 e. The number of carbonyl (C=O) groups excluding carboxylic acids is 2. The van der Waals surface area contributed by atoms with Crippen molar-refractivity contribution < 1.29 is 14.3 Å². The van der Waals surface area contributed by atoms with Gasteiger partial charge in [0.2, 0.25) is 0 Å². The predicted octanol–water partition coefficient (Wildman–Crippen LogP) is 2.55. The molecule has 0 aliphatic carbocycles. The summed E-state index contributed by atoms with van der Waals surface area (Å²) in [7, 11) is 1.56. The Balaban J connectivity index is 1.94. The van der Waals surface area contributed by atoms with E-state index in [0.29, 0.717) is 48.1 Å². The lowest BCUT2D eigenvalue weighted by atomic mass is 10.1. The average Bonchev–Trinajstić information content (AvgIpc) is 2.74. The van der Waals surface area contributed by atoms with E-state index in [0.717, 1.165) is 0 Å². The quantitative estimate of drug-likeness (QED) is 0.758. The smallest absolute Gasteiger partial charge is 0.270 e. The first-order chi connectivity index (χ1) is 13.6. The fourth-order valence-corrected chi connectivity index (χ4v) is 3.19. The summed E-state index contributed by atoms with van der Waals surface area (Å²) in [5.74, 6) is -0.0665. The van der Waals surface area contributed by atoms with E-state index in [1.807, 2.05) is 18.2 Å². The van der Waals surface area contributed by atoms with Crippen LogP contribution in [0, 0.1) is 0 Å². The van der Waals surface area contributed by atoms with E-state index in [1.54, 1.807) is 48.4 Å². The normalized spacial score (nSPS) is 14.5. The van der Waals surface area contributed by atoms with Crippen molar-refractivity contribution in [2.75, 3.05) is 33.3 Å². The zero-order valence-corrected chi connectivity index (χ0v) is 16.3. The van der Waals surface area contributed by atoms with Gasteiger partial charge < -0.3 is 20.3 Å². The standard InChI is InChI=1S/C21H22ClN3O3/c1-28-19-9-5-2-6-15(19)14-18(21(27)25-12-10-23-11-13-25)24-20(26)16-7-3-4-8-17(16)22/h2-9,14,23H,10-13H2,1H3,(H,24,26)/b18-14+. The zero-order chi connectivity index (χ0) is 19.9. The molecular weight excluding hydrogens is 378 g/mol. The van der Waals surface area contributed by atoms with Crippen LogP contribution in [0.15, 0.2) is 54.2 Å². The molecule has 0 aromatic heterocycles. The van der Waals surface area contributed by atoms with Crippen LogP contribution < -0.4 is 15.4 Å². The van der Waals surface area contributed by atoms with Gasteiger partial charge in [-0.3, -0.25) is 9.59 Å². The van der Waals surface area contributed by atoms with Crippen LogP contribution in [0.3, 0.4) is 0 Å². The van der Waals surface area contributed by atoms with Crippen LogP contribution >= 0.6 is 11.6 Å². The van der Waals surface area contributed by atoms with Crippen LogP contribution in [0.4, 0.5) is 0 Å². The summed E-state index contributed by atoms with van der Waals surface area (Å²) in [4.78, 5) is 27.6. The number of nitrogens with zero attached hydrogens (tertiary/aromatic N) is 1. The molecule has 1 fully saturated rings. The third-order valence-electron chi connectivity index (χ3n) is 4.44. The summed E-state index contributed by atoms with van der Waals surface area (Å²) in [6.45, 7) is 2.58. The van der Waals surface area contributed by atoms with Crippen LogP contribution in [0.25, 0.3) is 6.08 Å². The van der Waals surface area contributed by atoms with Gasteiger partial charge in [-0.25, -0.2) is 0 Å². The van der Waals surface area contributed by atoms with Gasteiger partial charge in [-0.05, 0) is 24.3 Å². The van der Waals surface area contributed by atoms with Crippen molar-refractivity contribution in [2.24, 2.45) is 0 Å². The zero-order valence-electron chi connectivity index (χ0n) is 15.6. The molecule has 1 saturated heterocycles. The number of rotatable bonds is 5. The second-order valence-corrected chi connectivity index (χ2v) is 6.68. The fraction of sp³-hybridized carbons (Fsp3) is 0.238. The second kappa shape index (κ2) is 9.39. The van der Waals surface area contributed by atoms with E-state index in [2.05, 4.69) is 10.6 Å². The molecule has 2 N–H and O–H groups in total. The largest absolute Gasteiger partial charge is 0.496 e. The van der Waals surface area contributed by atoms with Crippen LogP contribution in [-0.4, -0.2) is 50.0 Å². The molecule has 3 rings (SSSR count). The van der Waals surface area contributed by atoms with Crippen LogP contribution in [0.1, 0.15) is 15.9 Å². The summed E-state index contributed by atoms with van der Waals surface area (Å²) >= 11 is 6.13. The SMILES string of the molecule is COc1ccccc1/C=C(/NC(=O)c1ccccc1Cl)C(=O)N1CCNCC1. The van der Waals surface area contributed by atoms with E-state index in [1.165, 1.54) is 0 Å². The Morgan fingerprint density at radius 3 is 2.50 bits per heavy atom. The first-order valence-electron chi connectivity index (χ1n) is 9.00. The molecule has 1 aliphatic rings. The Hall–Kier alpha value is -2.83. The number of carbonyl (C=O) groups is 2. The van der Waals surface area contributed by atoms with Crippen molar-refractivity contribution in [3.05, 3.63) is 70.4 Å². The van der Waals surface area contributed by atoms with Gasteiger partial charge in [0.1, 0.15) is 11.4 Å². The van der Waals surface area contributed by atoms with E-state index < -0.39 is 5.91 Å². The Labute approximate surface area is 169 Å². The maximum atomic E-state index is 13.1. The van der Waals surface area contributed by atoms with Crippen molar-refractivity contribution in [1.82, 2.24) is 15.5 Å². The second-order valence-electron chi connectivity index (χ2n) is 6.28. The van der Waals surface area contributed by atoms with Gasteiger partial charge in [0.25, 0.3) is 11.8 Å². The van der Waals surface area contributed by atoms with Gasteiger partial charge in [-0.2, -0.15) is 0 Å². The molecule has 0 unspecified atom stereocenters. The molecule has 0 saturated carbocycles. The van der Waals surface area contributed by atoms with E-state index in [-0.39, 0.29) is 11.6 Å². The first kappa shape index (κ1) is 19.9. The molecule has 0 radical (unpaired) electrons. The summed E-state index contributed by atoms with van der Waals surface area (Å²) < 4.78 is 5.37. The Bertz CT molecular complexity index is 892. The van der Waals surface area contributed by atoms with Crippen molar-refractivity contribution in [3.63, 3.8) is 0 Å². The van der Waals surface area contributed by atoms with Crippen LogP contribution in [-0.2, 0) is 4.79 Å². The van der Waals surface area contributed by atoms with Crippen molar-refractivity contribution in [2.45, 2.75) is 0 Å². The number of benzene rings is 2. The lowest BCUT2D eigenvalue weighted by Gasteiger charge is -2.28. The number of piperazine rings is 1. The van der Waals surface area contributed by atoms with Gasteiger partial charge in [0, 0.05) is 31.7 Å². The van der Waals surface area contributed by atoms with Crippen LogP contribution in [0.5, 0.6) is 5.75 Å². The van der Waals surface area contributed by atoms with Gasteiger partial charge in [-0.15, -0.1) is 0 Å². The Kier molecular flexibility index (Phi) is 6.68. The number of methoxy groups -OCH3 is 1. The highest BCUT2D eigenvalue weighted by Crippen LogP contribution is 2.21. The highest BCUT2D eigenvalue weighted by atomic mass is 35.5. The first-order valence-corrected chi connectivity index (χ1v) is 9.38. The number of ether oxygens (including phenoxy) is 1. The third-order valence-corrected chi connectivity index (χ3v) is 4.77. The van der Waals surface area contributed by atoms with Gasteiger partial charge in [0.15, 0.2) is 0 Å². The average molecular weight is 400 g/mol. The monoisotopic (exact) mass is 399 g/mol. The number of hydrogen-bond acceptors (Lipinski definition) is 4. The van der Waals surface area contributed by atoms with Crippen molar-refractivity contribution in [1.29, 1.82) is 0 Å². The molecule has 0 bridgehead atoms. The van der Waals surface area contributed by atoms with Gasteiger partial charge in [0.05, 0.1) is 17.7 Å². The number of nitrogens with one attached hydrogen (secondary N) is 2. The third kappa shape index (κ3) is 4.71. The summed E-state index contributed by atoms with van der Waals surface area (Å²) in [5.41, 5.74) is 1.18. The van der Waals surface area contributed by atoms with Crippen LogP contribution in [0.2, 0.25) is 5.02 Å². The molecule has 2 aromatic rings. The molecule has 1 heterocycles. The predicted molar refractivity (Wildman–Crippen MR) is 109 cm³/mol. The summed E-state index contributed by atoms with van der Waals surface area (Å²) in [6, 6.07) is 14.0. The number of para-hydroxylation sites is 1. The molecule has 0 atom stereocenters. The van der Waals surface area contributed by atoms with Crippen molar-refractivity contribution in [3.8, 4) is 5.75 Å². The number of halogens is 1. The molecule has 1 aliphatic heterocycles. The molecule has 2 aromatic carbocycles. The highest BCUT2D eigenvalue weighted by molar-refractivity contribution is 6.34. The maximum Gasteiger partial charge on any atom is 0.270 e.